The molecule has 0 amide bonds. The van der Waals surface area contributed by atoms with Crippen molar-refractivity contribution in [3.05, 3.63) is 50.3 Å². The lowest BCUT2D eigenvalue weighted by Gasteiger charge is -2.07. The van der Waals surface area contributed by atoms with Gasteiger partial charge in [-0.2, -0.15) is 0 Å². The topological polar surface area (TPSA) is 25.8 Å². The second kappa shape index (κ2) is 6.85. The van der Waals surface area contributed by atoms with Crippen LogP contribution in [0, 0.1) is 9.39 Å². The molecule has 0 atom stereocenters. The van der Waals surface area contributed by atoms with Crippen molar-refractivity contribution in [2.75, 3.05) is 0 Å². The van der Waals surface area contributed by atoms with Gasteiger partial charge in [0.1, 0.15) is 16.8 Å². The Bertz CT molecular complexity index is 595. The number of hydrogen-bond acceptors (Lipinski definition) is 3. The predicted octanol–water partition coefficient (Wildman–Crippen LogP) is 4.73. The van der Waals surface area contributed by atoms with Crippen molar-refractivity contribution in [2.45, 2.75) is 24.0 Å². The van der Waals surface area contributed by atoms with Crippen molar-refractivity contribution in [3.63, 3.8) is 0 Å². The van der Waals surface area contributed by atoms with Gasteiger partial charge in [0.05, 0.1) is 15.0 Å². The van der Waals surface area contributed by atoms with E-state index < -0.39 is 0 Å². The summed E-state index contributed by atoms with van der Waals surface area (Å²) in [4.78, 5) is 9.28. The Morgan fingerprint density at radius 1 is 1.32 bits per heavy atom. The predicted molar refractivity (Wildman–Crippen MR) is 85.1 cm³/mol. The van der Waals surface area contributed by atoms with Gasteiger partial charge in [-0.3, -0.25) is 0 Å². The summed E-state index contributed by atoms with van der Waals surface area (Å²) in [6.45, 7) is 2.02. The highest BCUT2D eigenvalue weighted by molar-refractivity contribution is 14.1. The number of aromatic nitrogens is 2. The average molecular weight is 409 g/mol. The van der Waals surface area contributed by atoms with E-state index in [9.17, 15) is 4.39 Å². The Morgan fingerprint density at radius 2 is 2.05 bits per heavy atom. The maximum Gasteiger partial charge on any atom is 0.146 e. The lowest BCUT2D eigenvalue weighted by atomic mass is 10.3. The van der Waals surface area contributed by atoms with Crippen molar-refractivity contribution in [1.29, 1.82) is 0 Å². The largest absolute Gasteiger partial charge is 0.236 e. The summed E-state index contributed by atoms with van der Waals surface area (Å²) in [6.07, 6.45) is 0.803. The molecule has 2 aromatic rings. The van der Waals surface area contributed by atoms with Gasteiger partial charge in [0.2, 0.25) is 0 Å². The quantitative estimate of drug-likeness (QED) is 0.416. The molecule has 19 heavy (non-hydrogen) atoms. The first-order valence-electron chi connectivity index (χ1n) is 5.70. The maximum atomic E-state index is 13.5. The second-order valence-electron chi connectivity index (χ2n) is 3.76. The van der Waals surface area contributed by atoms with E-state index in [0.29, 0.717) is 21.6 Å². The molecule has 0 radical (unpaired) electrons. The summed E-state index contributed by atoms with van der Waals surface area (Å²) in [5.74, 6) is 0.917. The average Bonchev–Trinajstić information content (AvgIpc) is 2.41. The summed E-state index contributed by atoms with van der Waals surface area (Å²) in [5.41, 5.74) is 0.935. The Morgan fingerprint density at radius 3 is 2.74 bits per heavy atom. The van der Waals surface area contributed by atoms with Crippen molar-refractivity contribution in [2.24, 2.45) is 0 Å². The fourth-order valence-corrected chi connectivity index (χ4v) is 3.14. The molecule has 2 nitrogen and oxygen atoms in total. The minimum Gasteiger partial charge on any atom is -0.236 e. The summed E-state index contributed by atoms with van der Waals surface area (Å²) >= 11 is 9.58. The van der Waals surface area contributed by atoms with Crippen LogP contribution in [0.15, 0.2) is 29.2 Å². The van der Waals surface area contributed by atoms with E-state index in [1.54, 1.807) is 12.1 Å². The van der Waals surface area contributed by atoms with Crippen LogP contribution in [0.4, 0.5) is 4.39 Å². The van der Waals surface area contributed by atoms with Gasteiger partial charge in [0, 0.05) is 4.90 Å². The van der Waals surface area contributed by atoms with Crippen LogP contribution in [0.3, 0.4) is 0 Å². The summed E-state index contributed by atoms with van der Waals surface area (Å²) in [7, 11) is 0. The third kappa shape index (κ3) is 3.79. The Balaban J connectivity index is 2.16. The molecule has 0 spiro atoms. The van der Waals surface area contributed by atoms with Crippen molar-refractivity contribution in [1.82, 2.24) is 9.97 Å². The molecule has 6 heteroatoms. The van der Waals surface area contributed by atoms with E-state index in [4.69, 9.17) is 11.6 Å². The van der Waals surface area contributed by atoms with E-state index in [2.05, 4.69) is 32.6 Å². The molecule has 0 aliphatic rings. The number of hydrogen-bond donors (Lipinski definition) is 0. The number of halogens is 3. The van der Waals surface area contributed by atoms with E-state index in [1.165, 1.54) is 17.8 Å². The van der Waals surface area contributed by atoms with Gasteiger partial charge in [-0.1, -0.05) is 30.7 Å². The third-order valence-electron chi connectivity index (χ3n) is 2.45. The van der Waals surface area contributed by atoms with Gasteiger partial charge in [0.25, 0.3) is 0 Å². The summed E-state index contributed by atoms with van der Waals surface area (Å²) in [6, 6.07) is 6.67. The fraction of sp³-hybridized carbons (Fsp3) is 0.231. The first-order chi connectivity index (χ1) is 9.11. The van der Waals surface area contributed by atoms with Crippen molar-refractivity contribution in [3.8, 4) is 0 Å². The van der Waals surface area contributed by atoms with E-state index in [-0.39, 0.29) is 5.82 Å². The van der Waals surface area contributed by atoms with Crippen molar-refractivity contribution < 1.29 is 4.39 Å². The van der Waals surface area contributed by atoms with E-state index >= 15 is 0 Å². The Hall–Kier alpha value is -0.400. The molecule has 0 unspecified atom stereocenters. The van der Waals surface area contributed by atoms with Gasteiger partial charge in [-0.05, 0) is 41.1 Å². The van der Waals surface area contributed by atoms with Gasteiger partial charge in [-0.15, -0.1) is 11.8 Å². The van der Waals surface area contributed by atoms with Crippen LogP contribution in [0.25, 0.3) is 0 Å². The van der Waals surface area contributed by atoms with Crippen LogP contribution >= 0.6 is 46.0 Å². The van der Waals surface area contributed by atoms with Crippen LogP contribution in [0.5, 0.6) is 0 Å². The van der Waals surface area contributed by atoms with Crippen LogP contribution < -0.4 is 0 Å². The standard InChI is InChI=1S/C13H11ClFIN2S/c1-2-9-12(16)13(14)18-11(17-9)7-19-10-6-4-3-5-8(10)15/h3-6H,2,7H2,1H3. The number of rotatable bonds is 4. The highest BCUT2D eigenvalue weighted by atomic mass is 127. The van der Waals surface area contributed by atoms with Gasteiger partial charge < -0.3 is 0 Å². The molecule has 0 aliphatic carbocycles. The van der Waals surface area contributed by atoms with Crippen LogP contribution in [0.2, 0.25) is 5.15 Å². The lowest BCUT2D eigenvalue weighted by molar-refractivity contribution is 0.602. The highest BCUT2D eigenvalue weighted by Gasteiger charge is 2.10. The molecule has 2 rings (SSSR count). The zero-order valence-corrected chi connectivity index (χ0v) is 13.9. The molecule has 1 aromatic carbocycles. The Kier molecular flexibility index (Phi) is 5.41. The molecule has 1 heterocycles. The zero-order chi connectivity index (χ0) is 13.8. The number of nitrogens with zero attached hydrogens (tertiary/aromatic N) is 2. The van der Waals surface area contributed by atoms with E-state index in [1.807, 2.05) is 13.0 Å². The molecule has 0 N–H and O–H groups in total. The molecular weight excluding hydrogens is 398 g/mol. The smallest absolute Gasteiger partial charge is 0.146 e. The van der Waals surface area contributed by atoms with Crippen molar-refractivity contribution >= 4 is 46.0 Å². The van der Waals surface area contributed by atoms with Crippen LogP contribution in [0.1, 0.15) is 18.4 Å². The number of aryl methyl sites for hydroxylation is 1. The summed E-state index contributed by atoms with van der Waals surface area (Å²) in [5, 5.41) is 0.469. The Labute approximate surface area is 134 Å². The number of thioether (sulfide) groups is 1. The molecule has 0 bridgehead atoms. The van der Waals surface area contributed by atoms with Crippen LogP contribution in [-0.4, -0.2) is 9.97 Å². The third-order valence-corrected chi connectivity index (χ3v) is 5.22. The second-order valence-corrected chi connectivity index (χ2v) is 6.22. The monoisotopic (exact) mass is 408 g/mol. The molecule has 0 saturated heterocycles. The van der Waals surface area contributed by atoms with Crippen LogP contribution in [-0.2, 0) is 12.2 Å². The molecule has 100 valence electrons. The maximum absolute atomic E-state index is 13.5. The van der Waals surface area contributed by atoms with Gasteiger partial charge in [-0.25, -0.2) is 14.4 Å². The van der Waals surface area contributed by atoms with Gasteiger partial charge >= 0.3 is 0 Å². The first kappa shape index (κ1) is 15.0. The number of benzene rings is 1. The zero-order valence-electron chi connectivity index (χ0n) is 10.2. The molecule has 0 saturated carbocycles. The lowest BCUT2D eigenvalue weighted by Crippen LogP contribution is -2.02. The summed E-state index contributed by atoms with van der Waals surface area (Å²) < 4.78 is 14.4. The highest BCUT2D eigenvalue weighted by Crippen LogP contribution is 2.26. The minimum absolute atomic E-state index is 0.222. The minimum atomic E-state index is -0.222. The molecule has 1 aromatic heterocycles. The SMILES string of the molecule is CCc1nc(CSc2ccccc2F)nc(Cl)c1I. The molecule has 0 fully saturated rings. The van der Waals surface area contributed by atoms with Gasteiger partial charge in [0.15, 0.2) is 0 Å². The normalized spacial score (nSPS) is 10.7. The molecular formula is C13H11ClFIN2S. The van der Waals surface area contributed by atoms with E-state index in [0.717, 1.165) is 15.7 Å². The fourth-order valence-electron chi connectivity index (χ4n) is 1.51. The molecule has 0 aliphatic heterocycles. The first-order valence-corrected chi connectivity index (χ1v) is 8.14.